The van der Waals surface area contributed by atoms with Crippen LogP contribution in [0.15, 0.2) is 47.4 Å². The fraction of sp³-hybridized carbons (Fsp3) is 0.278. The number of benzene rings is 2. The van der Waals surface area contributed by atoms with Crippen LogP contribution in [0.2, 0.25) is 0 Å². The van der Waals surface area contributed by atoms with Gasteiger partial charge in [-0.1, -0.05) is 18.2 Å². The van der Waals surface area contributed by atoms with Crippen LogP contribution in [0.25, 0.3) is 0 Å². The van der Waals surface area contributed by atoms with Gasteiger partial charge in [-0.3, -0.25) is 4.79 Å². The van der Waals surface area contributed by atoms with Crippen molar-refractivity contribution in [1.82, 2.24) is 5.32 Å². The highest BCUT2D eigenvalue weighted by Crippen LogP contribution is 2.27. The Morgan fingerprint density at radius 3 is 2.52 bits per heavy atom. The number of ether oxygens (including phenoxy) is 2. The van der Waals surface area contributed by atoms with Gasteiger partial charge in [-0.25, -0.2) is 0 Å². The molecule has 0 saturated carbocycles. The van der Waals surface area contributed by atoms with Gasteiger partial charge in [0.2, 0.25) is 0 Å². The molecule has 0 radical (unpaired) electrons. The average Bonchev–Trinajstić information content (AvgIpc) is 2.61. The van der Waals surface area contributed by atoms with Gasteiger partial charge < -0.3 is 14.8 Å². The van der Waals surface area contributed by atoms with Crippen molar-refractivity contribution in [2.24, 2.45) is 0 Å². The highest BCUT2D eigenvalue weighted by molar-refractivity contribution is 7.98. The van der Waals surface area contributed by atoms with Crippen LogP contribution in [0.1, 0.15) is 15.9 Å². The summed E-state index contributed by atoms with van der Waals surface area (Å²) < 4.78 is 10.5. The molecule has 1 amide bonds. The van der Waals surface area contributed by atoms with Crippen molar-refractivity contribution in [1.29, 1.82) is 0 Å². The van der Waals surface area contributed by atoms with E-state index in [1.807, 2.05) is 48.7 Å². The van der Waals surface area contributed by atoms with Crippen molar-refractivity contribution in [2.45, 2.75) is 11.3 Å². The molecule has 0 aliphatic carbocycles. The van der Waals surface area contributed by atoms with E-state index in [1.165, 1.54) is 0 Å². The number of carbonyl (C=O) groups excluding carboxylic acids is 1. The number of methoxy groups -OCH3 is 2. The minimum absolute atomic E-state index is 0.0459. The summed E-state index contributed by atoms with van der Waals surface area (Å²) in [6.07, 6.45) is 2.70. The number of carbonyl (C=O) groups is 1. The molecule has 5 heteroatoms. The summed E-state index contributed by atoms with van der Waals surface area (Å²) >= 11 is 1.57. The fourth-order valence-electron chi connectivity index (χ4n) is 2.28. The Balaban J connectivity index is 1.95. The van der Waals surface area contributed by atoms with E-state index in [0.29, 0.717) is 23.6 Å². The minimum Gasteiger partial charge on any atom is -0.493 e. The number of amides is 1. The van der Waals surface area contributed by atoms with Gasteiger partial charge in [0, 0.05) is 11.4 Å². The molecular weight excluding hydrogens is 310 g/mol. The quantitative estimate of drug-likeness (QED) is 0.790. The van der Waals surface area contributed by atoms with Crippen LogP contribution >= 0.6 is 11.8 Å². The van der Waals surface area contributed by atoms with Crippen molar-refractivity contribution in [2.75, 3.05) is 27.0 Å². The Kier molecular flexibility index (Phi) is 6.35. The highest BCUT2D eigenvalue weighted by Gasteiger charge is 2.10. The molecule has 1 N–H and O–H groups in total. The molecule has 2 aromatic rings. The van der Waals surface area contributed by atoms with Crippen molar-refractivity contribution in [3.05, 3.63) is 53.6 Å². The van der Waals surface area contributed by atoms with E-state index >= 15 is 0 Å². The van der Waals surface area contributed by atoms with Gasteiger partial charge in [-0.05, 0) is 42.5 Å². The second-order valence-corrected chi connectivity index (χ2v) is 5.74. The molecule has 2 aromatic carbocycles. The summed E-state index contributed by atoms with van der Waals surface area (Å²) in [6.45, 7) is 0.566. The van der Waals surface area contributed by atoms with Gasteiger partial charge in [0.25, 0.3) is 5.91 Å². The lowest BCUT2D eigenvalue weighted by molar-refractivity contribution is 0.0951. The zero-order valence-corrected chi connectivity index (χ0v) is 14.4. The normalized spacial score (nSPS) is 10.2. The number of hydrogen-bond acceptors (Lipinski definition) is 4. The molecule has 0 aromatic heterocycles. The van der Waals surface area contributed by atoms with Crippen molar-refractivity contribution in [3.63, 3.8) is 0 Å². The van der Waals surface area contributed by atoms with Crippen LogP contribution in [0, 0.1) is 0 Å². The van der Waals surface area contributed by atoms with Crippen LogP contribution in [-0.4, -0.2) is 32.9 Å². The molecular formula is C18H21NO3S. The fourth-order valence-corrected chi connectivity index (χ4v) is 2.88. The molecule has 0 heterocycles. The molecule has 0 aliphatic heterocycles. The lowest BCUT2D eigenvalue weighted by Crippen LogP contribution is -2.26. The average molecular weight is 331 g/mol. The van der Waals surface area contributed by atoms with Crippen LogP contribution in [0.3, 0.4) is 0 Å². The minimum atomic E-state index is -0.0459. The van der Waals surface area contributed by atoms with Gasteiger partial charge in [0.15, 0.2) is 11.5 Å². The van der Waals surface area contributed by atoms with Crippen LogP contribution in [0.5, 0.6) is 11.5 Å². The summed E-state index contributed by atoms with van der Waals surface area (Å²) in [5.41, 5.74) is 1.80. The van der Waals surface area contributed by atoms with Gasteiger partial charge in [-0.15, -0.1) is 11.8 Å². The Bertz CT molecular complexity index is 673. The molecule has 0 aliphatic rings. The topological polar surface area (TPSA) is 47.6 Å². The lowest BCUT2D eigenvalue weighted by Gasteiger charge is -2.11. The van der Waals surface area contributed by atoms with E-state index in [4.69, 9.17) is 9.47 Å². The first kappa shape index (κ1) is 17.2. The van der Waals surface area contributed by atoms with E-state index in [2.05, 4.69) is 5.32 Å². The highest BCUT2D eigenvalue weighted by atomic mass is 32.2. The molecule has 0 spiro atoms. The van der Waals surface area contributed by atoms with E-state index < -0.39 is 0 Å². The van der Waals surface area contributed by atoms with Crippen molar-refractivity contribution < 1.29 is 14.3 Å². The molecule has 2 rings (SSSR count). The van der Waals surface area contributed by atoms with Gasteiger partial charge in [-0.2, -0.15) is 0 Å². The summed E-state index contributed by atoms with van der Waals surface area (Å²) in [6, 6.07) is 13.4. The Morgan fingerprint density at radius 2 is 1.83 bits per heavy atom. The van der Waals surface area contributed by atoms with E-state index in [9.17, 15) is 4.79 Å². The third-order valence-corrected chi connectivity index (χ3v) is 4.29. The zero-order chi connectivity index (χ0) is 16.7. The van der Waals surface area contributed by atoms with Crippen LogP contribution in [-0.2, 0) is 6.42 Å². The van der Waals surface area contributed by atoms with E-state index in [-0.39, 0.29) is 5.91 Å². The molecule has 0 saturated heterocycles. The van der Waals surface area contributed by atoms with Gasteiger partial charge in [0.1, 0.15) is 0 Å². The largest absolute Gasteiger partial charge is 0.493 e. The number of thioether (sulfide) groups is 1. The van der Waals surface area contributed by atoms with E-state index in [0.717, 1.165) is 16.9 Å². The SMILES string of the molecule is COc1ccc(CCNC(=O)c2ccccc2SC)cc1OC. The first-order chi connectivity index (χ1) is 11.2. The van der Waals surface area contributed by atoms with Crippen LogP contribution in [0.4, 0.5) is 0 Å². The molecule has 0 fully saturated rings. The summed E-state index contributed by atoms with van der Waals surface area (Å²) in [5.74, 6) is 1.36. The maximum atomic E-state index is 12.3. The third-order valence-electron chi connectivity index (χ3n) is 3.50. The molecule has 0 bridgehead atoms. The van der Waals surface area contributed by atoms with Gasteiger partial charge >= 0.3 is 0 Å². The van der Waals surface area contributed by atoms with Crippen LogP contribution < -0.4 is 14.8 Å². The van der Waals surface area contributed by atoms with Crippen molar-refractivity contribution >= 4 is 17.7 Å². The predicted octanol–water partition coefficient (Wildman–Crippen LogP) is 3.40. The molecule has 0 atom stereocenters. The number of nitrogens with one attached hydrogen (secondary N) is 1. The molecule has 122 valence electrons. The van der Waals surface area contributed by atoms with E-state index in [1.54, 1.807) is 26.0 Å². The maximum absolute atomic E-state index is 12.3. The Hall–Kier alpha value is -2.14. The molecule has 23 heavy (non-hydrogen) atoms. The van der Waals surface area contributed by atoms with Gasteiger partial charge in [0.05, 0.1) is 19.8 Å². The first-order valence-corrected chi connectivity index (χ1v) is 8.54. The molecule has 0 unspecified atom stereocenters. The summed E-state index contributed by atoms with van der Waals surface area (Å²) in [7, 11) is 3.23. The predicted molar refractivity (Wildman–Crippen MR) is 93.8 cm³/mol. The maximum Gasteiger partial charge on any atom is 0.252 e. The summed E-state index contributed by atoms with van der Waals surface area (Å²) in [5, 5.41) is 2.96. The monoisotopic (exact) mass is 331 g/mol. The number of hydrogen-bond donors (Lipinski definition) is 1. The Labute approximate surface area is 141 Å². The Morgan fingerprint density at radius 1 is 1.09 bits per heavy atom. The number of rotatable bonds is 7. The standard InChI is InChI=1S/C18H21NO3S/c1-21-15-9-8-13(12-16(15)22-2)10-11-19-18(20)14-6-4-5-7-17(14)23-3/h4-9,12H,10-11H2,1-3H3,(H,19,20). The first-order valence-electron chi connectivity index (χ1n) is 7.31. The second kappa shape index (κ2) is 8.48. The lowest BCUT2D eigenvalue weighted by atomic mass is 10.1. The third kappa shape index (κ3) is 4.42. The second-order valence-electron chi connectivity index (χ2n) is 4.90. The zero-order valence-electron chi connectivity index (χ0n) is 13.6. The molecule has 4 nitrogen and oxygen atoms in total. The summed E-state index contributed by atoms with van der Waals surface area (Å²) in [4.78, 5) is 13.3. The van der Waals surface area contributed by atoms with Crippen molar-refractivity contribution in [3.8, 4) is 11.5 Å². The smallest absolute Gasteiger partial charge is 0.252 e.